The summed E-state index contributed by atoms with van der Waals surface area (Å²) in [5.74, 6) is -1.30. The smallest absolute Gasteiger partial charge is 0.462 e. The summed E-state index contributed by atoms with van der Waals surface area (Å²) < 4.78 is 68.9. The molecule has 19 heteroatoms. The maximum atomic E-state index is 13.1. The lowest BCUT2D eigenvalue weighted by Gasteiger charge is -2.21. The highest BCUT2D eigenvalue weighted by Crippen LogP contribution is 2.45. The Morgan fingerprint density at radius 3 is 0.654 bits per heavy atom. The van der Waals surface area contributed by atoms with Crippen LogP contribution in [-0.2, 0) is 65.4 Å². The van der Waals surface area contributed by atoms with E-state index in [-0.39, 0.29) is 25.7 Å². The number of phosphoric ester groups is 2. The molecule has 0 bridgehead atoms. The van der Waals surface area contributed by atoms with Crippen molar-refractivity contribution in [2.75, 3.05) is 39.6 Å². The highest BCUT2D eigenvalue weighted by molar-refractivity contribution is 7.47. The number of aliphatic hydroxyl groups excluding tert-OH is 1. The fourth-order valence-corrected chi connectivity index (χ4v) is 14.9. The summed E-state index contributed by atoms with van der Waals surface area (Å²) >= 11 is 0. The SMILES string of the molecule is CCCCCCCCCCCCCCCCCCCCC(=O)OC[C@H](COP(=O)(O)OC[C@@H](O)COP(=O)(O)OC[C@@H](COC(=O)CCCCCCCCCCCCC)OC(=O)CCCCCCCCCCCCCCCCCCC)OC(=O)CCCCCCCCCCCCCCCCCC(C)C. The zero-order chi connectivity index (χ0) is 76.2. The minimum absolute atomic E-state index is 0.109. The van der Waals surface area contributed by atoms with Crippen LogP contribution in [0, 0.1) is 5.92 Å². The second kappa shape index (κ2) is 77.8. The van der Waals surface area contributed by atoms with Crippen LogP contribution in [0.3, 0.4) is 0 Å². The lowest BCUT2D eigenvalue weighted by molar-refractivity contribution is -0.161. The number of carbonyl (C=O) groups excluding carboxylic acids is 4. The summed E-state index contributed by atoms with van der Waals surface area (Å²) in [7, 11) is -9.93. The number of carbonyl (C=O) groups is 4. The van der Waals surface area contributed by atoms with Crippen molar-refractivity contribution in [1.82, 2.24) is 0 Å². The van der Waals surface area contributed by atoms with E-state index in [2.05, 4.69) is 34.6 Å². The summed E-state index contributed by atoms with van der Waals surface area (Å²) in [4.78, 5) is 73.2. The second-order valence-electron chi connectivity index (χ2n) is 31.1. The Bertz CT molecular complexity index is 1980. The van der Waals surface area contributed by atoms with E-state index in [4.69, 9.17) is 37.0 Å². The molecular formula is C85H166O17P2. The molecule has 0 aliphatic heterocycles. The summed E-state index contributed by atoms with van der Waals surface area (Å²) in [6, 6.07) is 0. The minimum atomic E-state index is -4.96. The maximum Gasteiger partial charge on any atom is 0.472 e. The molecular weight excluding hydrogens is 1350 g/mol. The molecule has 0 aromatic heterocycles. The number of rotatable bonds is 85. The molecule has 0 aliphatic carbocycles. The number of unbranched alkanes of at least 4 members (excludes halogenated alkanes) is 57. The van der Waals surface area contributed by atoms with Crippen molar-refractivity contribution in [3.63, 3.8) is 0 Å². The molecule has 5 atom stereocenters. The van der Waals surface area contributed by atoms with Gasteiger partial charge in [0.1, 0.15) is 19.3 Å². The first-order valence-corrected chi connectivity index (χ1v) is 47.1. The molecule has 3 N–H and O–H groups in total. The molecule has 0 aromatic rings. The molecule has 0 saturated heterocycles. The largest absolute Gasteiger partial charge is 0.472 e. The molecule has 0 saturated carbocycles. The van der Waals surface area contributed by atoms with Crippen molar-refractivity contribution in [2.24, 2.45) is 5.92 Å². The van der Waals surface area contributed by atoms with Gasteiger partial charge >= 0.3 is 39.5 Å². The van der Waals surface area contributed by atoms with Crippen LogP contribution < -0.4 is 0 Å². The molecule has 0 amide bonds. The highest BCUT2D eigenvalue weighted by atomic mass is 31.2. The molecule has 0 rings (SSSR count). The molecule has 0 heterocycles. The van der Waals surface area contributed by atoms with E-state index < -0.39 is 97.5 Å². The molecule has 17 nitrogen and oxygen atoms in total. The van der Waals surface area contributed by atoms with Crippen LogP contribution in [0.5, 0.6) is 0 Å². The van der Waals surface area contributed by atoms with E-state index in [1.54, 1.807) is 0 Å². The van der Waals surface area contributed by atoms with Gasteiger partial charge in [0, 0.05) is 25.7 Å². The Balaban J connectivity index is 5.24. The van der Waals surface area contributed by atoms with Gasteiger partial charge in [-0.05, 0) is 31.6 Å². The van der Waals surface area contributed by atoms with Crippen LogP contribution in [0.4, 0.5) is 0 Å². The van der Waals surface area contributed by atoms with Crippen LogP contribution >= 0.6 is 15.6 Å². The van der Waals surface area contributed by atoms with Crippen molar-refractivity contribution in [3.8, 4) is 0 Å². The van der Waals surface area contributed by atoms with Gasteiger partial charge in [-0.25, -0.2) is 9.13 Å². The van der Waals surface area contributed by atoms with Crippen molar-refractivity contribution in [3.05, 3.63) is 0 Å². The van der Waals surface area contributed by atoms with Gasteiger partial charge in [-0.1, -0.05) is 407 Å². The van der Waals surface area contributed by atoms with Gasteiger partial charge in [-0.15, -0.1) is 0 Å². The topological polar surface area (TPSA) is 237 Å². The number of esters is 4. The van der Waals surface area contributed by atoms with Crippen LogP contribution in [0.25, 0.3) is 0 Å². The van der Waals surface area contributed by atoms with Gasteiger partial charge in [0.25, 0.3) is 0 Å². The molecule has 104 heavy (non-hydrogen) atoms. The number of hydrogen-bond acceptors (Lipinski definition) is 15. The van der Waals surface area contributed by atoms with E-state index in [1.807, 2.05) is 0 Å². The normalized spacial score (nSPS) is 13.8. The van der Waals surface area contributed by atoms with Crippen LogP contribution in [0.2, 0.25) is 0 Å². The fraction of sp³-hybridized carbons (Fsp3) is 0.953. The predicted octanol–water partition coefficient (Wildman–Crippen LogP) is 26.0. The Labute approximate surface area is 638 Å². The molecule has 0 spiro atoms. The van der Waals surface area contributed by atoms with Gasteiger partial charge < -0.3 is 33.8 Å². The molecule has 0 fully saturated rings. The summed E-state index contributed by atoms with van der Waals surface area (Å²) in [6.45, 7) is 7.39. The second-order valence-corrected chi connectivity index (χ2v) is 34.0. The first-order chi connectivity index (χ1) is 50.5. The average molecular weight is 1520 g/mol. The van der Waals surface area contributed by atoms with Crippen molar-refractivity contribution in [1.29, 1.82) is 0 Å². The lowest BCUT2D eigenvalue weighted by Crippen LogP contribution is -2.30. The quantitative estimate of drug-likeness (QED) is 0.0222. The Morgan fingerprint density at radius 2 is 0.442 bits per heavy atom. The molecule has 0 aliphatic rings. The third-order valence-corrected chi connectivity index (χ3v) is 21.9. The van der Waals surface area contributed by atoms with Crippen molar-refractivity contribution >= 4 is 39.5 Å². The Kier molecular flexibility index (Phi) is 76.3. The third-order valence-electron chi connectivity index (χ3n) is 20.0. The molecule has 0 radical (unpaired) electrons. The molecule has 2 unspecified atom stereocenters. The first kappa shape index (κ1) is 102. The van der Waals surface area contributed by atoms with Crippen molar-refractivity contribution in [2.45, 2.75) is 477 Å². The summed E-state index contributed by atoms with van der Waals surface area (Å²) in [5, 5.41) is 10.7. The zero-order valence-electron chi connectivity index (χ0n) is 68.2. The van der Waals surface area contributed by atoms with Crippen LogP contribution in [-0.4, -0.2) is 96.7 Å². The fourth-order valence-electron chi connectivity index (χ4n) is 13.3. The van der Waals surface area contributed by atoms with E-state index in [0.717, 1.165) is 95.8 Å². The summed E-state index contributed by atoms with van der Waals surface area (Å²) in [5.41, 5.74) is 0. The highest BCUT2D eigenvalue weighted by Gasteiger charge is 2.30. The number of ether oxygens (including phenoxy) is 4. The molecule has 618 valence electrons. The predicted molar refractivity (Wildman–Crippen MR) is 428 cm³/mol. The van der Waals surface area contributed by atoms with Gasteiger partial charge in [0.2, 0.25) is 0 Å². The van der Waals surface area contributed by atoms with Gasteiger partial charge in [-0.2, -0.15) is 0 Å². The minimum Gasteiger partial charge on any atom is -0.462 e. The number of aliphatic hydroxyl groups is 1. The average Bonchev–Trinajstić information content (AvgIpc) is 0.914. The monoisotopic (exact) mass is 1520 g/mol. The van der Waals surface area contributed by atoms with Gasteiger partial charge in [0.05, 0.1) is 26.4 Å². The molecule has 0 aromatic carbocycles. The van der Waals surface area contributed by atoms with E-state index in [9.17, 15) is 43.2 Å². The first-order valence-electron chi connectivity index (χ1n) is 44.1. The Morgan fingerprint density at radius 1 is 0.260 bits per heavy atom. The zero-order valence-corrected chi connectivity index (χ0v) is 70.0. The Hall–Kier alpha value is -1.94. The van der Waals surface area contributed by atoms with E-state index >= 15 is 0 Å². The summed E-state index contributed by atoms with van der Waals surface area (Å²) in [6.07, 6.45) is 70.7. The van der Waals surface area contributed by atoms with E-state index in [1.165, 1.54) is 283 Å². The van der Waals surface area contributed by atoms with Crippen molar-refractivity contribution < 1.29 is 80.2 Å². The van der Waals surface area contributed by atoms with Crippen LogP contribution in [0.15, 0.2) is 0 Å². The maximum absolute atomic E-state index is 13.1. The number of hydrogen-bond donors (Lipinski definition) is 3. The lowest BCUT2D eigenvalue weighted by atomic mass is 10.0. The third kappa shape index (κ3) is 78.2. The van der Waals surface area contributed by atoms with Crippen LogP contribution in [0.1, 0.15) is 458 Å². The standard InChI is InChI=1S/C85H166O17P2/c1-6-9-12-15-18-21-24-26-28-30-32-35-39-44-49-54-59-64-69-83(88)96-75-81(102-85(90)71-66-61-56-51-46-41-37-33-34-38-43-47-52-57-62-67-78(4)5)77-100-104(93,94)98-73-79(86)72-97-103(91,92)99-76-80(74-95-82(87)68-63-58-53-48-42-23-20-17-14-11-8-3)101-84(89)70-65-60-55-50-45-40-36-31-29-27-25-22-19-16-13-10-7-2/h78-81,86H,6-77H2,1-5H3,(H,91,92)(H,93,94)/t79-,80+,81+/m0/s1. The van der Waals surface area contributed by atoms with E-state index in [0.29, 0.717) is 25.7 Å². The number of phosphoric acid groups is 2. The van der Waals surface area contributed by atoms with Gasteiger partial charge in [-0.3, -0.25) is 37.3 Å². The van der Waals surface area contributed by atoms with Gasteiger partial charge in [0.15, 0.2) is 12.2 Å².